The smallest absolute Gasteiger partial charge is 0.119 e. The van der Waals surface area contributed by atoms with Crippen molar-refractivity contribution >= 4 is 0 Å². The highest BCUT2D eigenvalue weighted by Gasteiger charge is 2.22. The molecule has 3 heteroatoms. The molecular formula is C17H28N2O. The van der Waals surface area contributed by atoms with Crippen LogP contribution in [0.3, 0.4) is 0 Å². The zero-order chi connectivity index (χ0) is 14.4. The first-order valence-electron chi connectivity index (χ1n) is 7.81. The summed E-state index contributed by atoms with van der Waals surface area (Å²) in [5, 5.41) is 3.68. The van der Waals surface area contributed by atoms with Crippen molar-refractivity contribution in [3.05, 3.63) is 29.8 Å². The Balaban J connectivity index is 1.78. The highest BCUT2D eigenvalue weighted by molar-refractivity contribution is 5.28. The summed E-state index contributed by atoms with van der Waals surface area (Å²) < 4.78 is 5.27. The largest absolute Gasteiger partial charge is 0.497 e. The quantitative estimate of drug-likeness (QED) is 0.864. The van der Waals surface area contributed by atoms with Crippen LogP contribution in [0.5, 0.6) is 5.75 Å². The molecule has 1 aliphatic rings. The van der Waals surface area contributed by atoms with E-state index < -0.39 is 0 Å². The maximum atomic E-state index is 5.27. The summed E-state index contributed by atoms with van der Waals surface area (Å²) in [6.07, 6.45) is 2.64. The molecule has 1 aromatic carbocycles. The average molecular weight is 276 g/mol. The zero-order valence-electron chi connectivity index (χ0n) is 13.1. The molecule has 112 valence electrons. The van der Waals surface area contributed by atoms with Gasteiger partial charge in [0.15, 0.2) is 0 Å². The minimum atomic E-state index is 0.584. The molecule has 1 fully saturated rings. The molecule has 0 saturated carbocycles. The molecular weight excluding hydrogens is 248 g/mol. The van der Waals surface area contributed by atoms with Crippen LogP contribution in [0.1, 0.15) is 32.3 Å². The molecule has 1 unspecified atom stereocenters. The summed E-state index contributed by atoms with van der Waals surface area (Å²) in [5.74, 6) is 1.75. The van der Waals surface area contributed by atoms with Gasteiger partial charge in [0.25, 0.3) is 0 Å². The van der Waals surface area contributed by atoms with Crippen molar-refractivity contribution in [2.45, 2.75) is 39.3 Å². The van der Waals surface area contributed by atoms with Crippen LogP contribution in [-0.2, 0) is 6.54 Å². The molecule has 1 aromatic rings. The van der Waals surface area contributed by atoms with Crippen molar-refractivity contribution in [1.82, 2.24) is 10.2 Å². The van der Waals surface area contributed by atoms with E-state index in [1.54, 1.807) is 7.11 Å². The van der Waals surface area contributed by atoms with E-state index in [2.05, 4.69) is 42.3 Å². The molecule has 20 heavy (non-hydrogen) atoms. The van der Waals surface area contributed by atoms with Gasteiger partial charge in [0.1, 0.15) is 5.75 Å². The van der Waals surface area contributed by atoms with Crippen LogP contribution in [-0.4, -0.2) is 37.7 Å². The van der Waals surface area contributed by atoms with Crippen LogP contribution in [0.15, 0.2) is 24.3 Å². The number of benzene rings is 1. The van der Waals surface area contributed by atoms with Crippen molar-refractivity contribution in [1.29, 1.82) is 0 Å². The van der Waals surface area contributed by atoms with E-state index in [9.17, 15) is 0 Å². The number of rotatable bonds is 6. The normalized spacial score (nSPS) is 18.9. The van der Waals surface area contributed by atoms with Gasteiger partial charge in [0, 0.05) is 12.6 Å². The Morgan fingerprint density at radius 1 is 1.35 bits per heavy atom. The Hall–Kier alpha value is -1.06. The Morgan fingerprint density at radius 2 is 2.10 bits per heavy atom. The van der Waals surface area contributed by atoms with Gasteiger partial charge in [-0.2, -0.15) is 0 Å². The SMILES string of the molecule is CCN1CCC(C(C)NCc2cccc(OC)c2)CC1. The van der Waals surface area contributed by atoms with Crippen LogP contribution in [0, 0.1) is 5.92 Å². The average Bonchev–Trinajstić information content (AvgIpc) is 2.53. The molecule has 0 radical (unpaired) electrons. The summed E-state index contributed by atoms with van der Waals surface area (Å²) in [4.78, 5) is 2.55. The maximum absolute atomic E-state index is 5.27. The Kier molecular flexibility index (Phi) is 5.86. The second-order valence-electron chi connectivity index (χ2n) is 5.79. The number of hydrogen-bond donors (Lipinski definition) is 1. The highest BCUT2D eigenvalue weighted by Crippen LogP contribution is 2.21. The van der Waals surface area contributed by atoms with Crippen molar-refractivity contribution in [3.63, 3.8) is 0 Å². The van der Waals surface area contributed by atoms with Gasteiger partial charge in [-0.15, -0.1) is 0 Å². The summed E-state index contributed by atoms with van der Waals surface area (Å²) in [6.45, 7) is 9.21. The fourth-order valence-electron chi connectivity index (χ4n) is 3.00. The van der Waals surface area contributed by atoms with E-state index in [0.717, 1.165) is 18.2 Å². The van der Waals surface area contributed by atoms with Gasteiger partial charge in [0.2, 0.25) is 0 Å². The third-order valence-corrected chi connectivity index (χ3v) is 4.55. The highest BCUT2D eigenvalue weighted by atomic mass is 16.5. The Labute approximate surface area is 123 Å². The monoisotopic (exact) mass is 276 g/mol. The number of hydrogen-bond acceptors (Lipinski definition) is 3. The summed E-state index contributed by atoms with van der Waals surface area (Å²) in [6, 6.07) is 8.90. The standard InChI is InChI=1S/C17H28N2O/c1-4-19-10-8-16(9-11-19)14(2)18-13-15-6-5-7-17(12-15)20-3/h5-7,12,14,16,18H,4,8-11,13H2,1-3H3. The lowest BCUT2D eigenvalue weighted by molar-refractivity contribution is 0.168. The number of ether oxygens (including phenoxy) is 1. The number of nitrogens with zero attached hydrogens (tertiary/aromatic N) is 1. The molecule has 1 saturated heterocycles. The van der Waals surface area contributed by atoms with Crippen LogP contribution in [0.2, 0.25) is 0 Å². The first-order chi connectivity index (χ1) is 9.72. The molecule has 0 aromatic heterocycles. The van der Waals surface area contributed by atoms with Crippen molar-refractivity contribution in [2.75, 3.05) is 26.7 Å². The van der Waals surface area contributed by atoms with Gasteiger partial charge in [-0.05, 0) is 63.0 Å². The molecule has 0 amide bonds. The van der Waals surface area contributed by atoms with Crippen molar-refractivity contribution in [2.24, 2.45) is 5.92 Å². The van der Waals surface area contributed by atoms with Gasteiger partial charge in [-0.3, -0.25) is 0 Å². The van der Waals surface area contributed by atoms with Gasteiger partial charge >= 0.3 is 0 Å². The van der Waals surface area contributed by atoms with Crippen molar-refractivity contribution < 1.29 is 4.74 Å². The predicted molar refractivity (Wildman–Crippen MR) is 84.1 cm³/mol. The first kappa shape index (κ1) is 15.3. The van der Waals surface area contributed by atoms with Crippen molar-refractivity contribution in [3.8, 4) is 5.75 Å². The van der Waals surface area contributed by atoms with Crippen LogP contribution in [0.25, 0.3) is 0 Å². The lowest BCUT2D eigenvalue weighted by atomic mass is 9.90. The summed E-state index contributed by atoms with van der Waals surface area (Å²) in [7, 11) is 1.72. The zero-order valence-corrected chi connectivity index (χ0v) is 13.1. The summed E-state index contributed by atoms with van der Waals surface area (Å²) in [5.41, 5.74) is 1.29. The van der Waals surface area contributed by atoms with Gasteiger partial charge in [-0.25, -0.2) is 0 Å². The lowest BCUT2D eigenvalue weighted by Gasteiger charge is -2.34. The van der Waals surface area contributed by atoms with Gasteiger partial charge in [0.05, 0.1) is 7.11 Å². The minimum absolute atomic E-state index is 0.584. The Morgan fingerprint density at radius 3 is 2.75 bits per heavy atom. The number of likely N-dealkylation sites (tertiary alicyclic amines) is 1. The van der Waals surface area contributed by atoms with E-state index in [0.29, 0.717) is 6.04 Å². The van der Waals surface area contributed by atoms with Gasteiger partial charge < -0.3 is 15.0 Å². The topological polar surface area (TPSA) is 24.5 Å². The molecule has 1 heterocycles. The number of methoxy groups -OCH3 is 1. The first-order valence-corrected chi connectivity index (χ1v) is 7.81. The predicted octanol–water partition coefficient (Wildman–Crippen LogP) is 2.91. The maximum Gasteiger partial charge on any atom is 0.119 e. The van der Waals surface area contributed by atoms with E-state index in [1.165, 1.54) is 38.0 Å². The molecule has 1 N–H and O–H groups in total. The van der Waals surface area contributed by atoms with Crippen LogP contribution >= 0.6 is 0 Å². The third kappa shape index (κ3) is 4.22. The van der Waals surface area contributed by atoms with E-state index in [-0.39, 0.29) is 0 Å². The van der Waals surface area contributed by atoms with E-state index in [4.69, 9.17) is 4.74 Å². The van der Waals surface area contributed by atoms with Crippen LogP contribution in [0.4, 0.5) is 0 Å². The van der Waals surface area contributed by atoms with Gasteiger partial charge in [-0.1, -0.05) is 19.1 Å². The molecule has 3 nitrogen and oxygen atoms in total. The minimum Gasteiger partial charge on any atom is -0.497 e. The third-order valence-electron chi connectivity index (χ3n) is 4.55. The molecule has 0 spiro atoms. The van der Waals surface area contributed by atoms with E-state index >= 15 is 0 Å². The van der Waals surface area contributed by atoms with E-state index in [1.807, 2.05) is 6.07 Å². The molecule has 1 aliphatic heterocycles. The fourth-order valence-corrected chi connectivity index (χ4v) is 3.00. The molecule has 0 aliphatic carbocycles. The fraction of sp³-hybridized carbons (Fsp3) is 0.647. The second-order valence-corrected chi connectivity index (χ2v) is 5.79. The molecule has 2 rings (SSSR count). The Bertz CT molecular complexity index is 400. The number of piperidine rings is 1. The number of nitrogens with one attached hydrogen (secondary N) is 1. The molecule has 1 atom stereocenters. The second kappa shape index (κ2) is 7.65. The molecule has 0 bridgehead atoms. The lowest BCUT2D eigenvalue weighted by Crippen LogP contribution is -2.41. The van der Waals surface area contributed by atoms with Crippen LogP contribution < -0.4 is 10.1 Å². The summed E-state index contributed by atoms with van der Waals surface area (Å²) >= 11 is 0.